The first kappa shape index (κ1) is 24.5. The Morgan fingerprint density at radius 2 is 1.73 bits per heavy atom. The van der Waals surface area contributed by atoms with Crippen LogP contribution in [0, 0.1) is 0 Å². The summed E-state index contributed by atoms with van der Waals surface area (Å²) in [6.07, 6.45) is 3.84. The maximum Gasteiger partial charge on any atom is 0.290 e. The molecule has 33 heavy (non-hydrogen) atoms. The van der Waals surface area contributed by atoms with Crippen LogP contribution in [0.1, 0.15) is 62.8 Å². The number of nitrogens with zero attached hydrogens (tertiary/aromatic N) is 1. The minimum absolute atomic E-state index is 0.102. The number of amides is 1. The van der Waals surface area contributed by atoms with Crippen molar-refractivity contribution < 1.29 is 19.4 Å². The van der Waals surface area contributed by atoms with Gasteiger partial charge in [-0.25, -0.2) is 0 Å². The van der Waals surface area contributed by atoms with Crippen molar-refractivity contribution in [3.8, 4) is 0 Å². The number of allylic oxidation sites excluding steroid dienone is 1. The molecule has 0 aliphatic carbocycles. The smallest absolute Gasteiger partial charge is 0.290 e. The van der Waals surface area contributed by atoms with Crippen LogP contribution in [0.3, 0.4) is 0 Å². The van der Waals surface area contributed by atoms with Crippen LogP contribution >= 0.6 is 0 Å². The Bertz CT molecular complexity index is 1020. The molecule has 1 aliphatic rings. The Kier molecular flexibility index (Phi) is 8.23. The van der Waals surface area contributed by atoms with Gasteiger partial charge in [0.05, 0.1) is 17.7 Å². The molecule has 3 rings (SSSR count). The summed E-state index contributed by atoms with van der Waals surface area (Å²) in [4.78, 5) is 27.7. The summed E-state index contributed by atoms with van der Waals surface area (Å²) in [7, 11) is 0. The average Bonchev–Trinajstić information content (AvgIpc) is 3.06. The molecule has 1 atom stereocenters. The molecule has 0 spiro atoms. The van der Waals surface area contributed by atoms with E-state index in [1.807, 2.05) is 68.4 Å². The molecule has 0 unspecified atom stereocenters. The van der Waals surface area contributed by atoms with Crippen LogP contribution in [-0.2, 0) is 14.3 Å². The zero-order chi connectivity index (χ0) is 24.0. The van der Waals surface area contributed by atoms with Gasteiger partial charge in [0, 0.05) is 13.2 Å². The third-order valence-corrected chi connectivity index (χ3v) is 5.71. The van der Waals surface area contributed by atoms with E-state index >= 15 is 0 Å². The van der Waals surface area contributed by atoms with Crippen molar-refractivity contribution in [3.63, 3.8) is 0 Å². The van der Waals surface area contributed by atoms with Crippen LogP contribution in [0.5, 0.6) is 0 Å². The molecule has 0 radical (unpaired) electrons. The maximum atomic E-state index is 13.2. The van der Waals surface area contributed by atoms with Gasteiger partial charge in [-0.1, -0.05) is 74.5 Å². The molecule has 1 N–H and O–H groups in total. The van der Waals surface area contributed by atoms with Crippen LogP contribution in [0.2, 0.25) is 0 Å². The van der Waals surface area contributed by atoms with E-state index in [9.17, 15) is 14.7 Å². The lowest BCUT2D eigenvalue weighted by Gasteiger charge is -2.27. The third-order valence-electron chi connectivity index (χ3n) is 5.71. The first-order valence-corrected chi connectivity index (χ1v) is 11.5. The Morgan fingerprint density at radius 3 is 2.33 bits per heavy atom. The topological polar surface area (TPSA) is 66.8 Å². The quantitative estimate of drug-likeness (QED) is 0.380. The third kappa shape index (κ3) is 5.99. The number of aliphatic hydroxyl groups excluding tert-OH is 1. The Hall–Kier alpha value is -3.18. The van der Waals surface area contributed by atoms with E-state index in [1.54, 1.807) is 11.0 Å². The second-order valence-electron chi connectivity index (χ2n) is 8.87. The molecule has 0 fully saturated rings. The van der Waals surface area contributed by atoms with Crippen molar-refractivity contribution in [1.82, 2.24) is 4.90 Å². The van der Waals surface area contributed by atoms with E-state index in [0.717, 1.165) is 11.1 Å². The predicted molar refractivity (Wildman–Crippen MR) is 131 cm³/mol. The highest BCUT2D eigenvalue weighted by Crippen LogP contribution is 2.38. The van der Waals surface area contributed by atoms with Gasteiger partial charge in [0.15, 0.2) is 11.5 Å². The fraction of sp³-hybridized carbons (Fsp3) is 0.357. The van der Waals surface area contributed by atoms with Gasteiger partial charge >= 0.3 is 0 Å². The fourth-order valence-corrected chi connectivity index (χ4v) is 3.93. The van der Waals surface area contributed by atoms with E-state index in [-0.39, 0.29) is 17.5 Å². The minimum atomic E-state index is -0.634. The van der Waals surface area contributed by atoms with Crippen LogP contribution in [-0.4, -0.2) is 41.0 Å². The Morgan fingerprint density at radius 1 is 1.06 bits per heavy atom. The minimum Gasteiger partial charge on any atom is -0.503 e. The number of aliphatic hydroxyl groups is 1. The van der Waals surface area contributed by atoms with Crippen molar-refractivity contribution in [2.75, 3.05) is 13.2 Å². The fourth-order valence-electron chi connectivity index (χ4n) is 3.93. The highest BCUT2D eigenvalue weighted by Gasteiger charge is 2.42. The highest BCUT2D eigenvalue weighted by atomic mass is 16.5. The second-order valence-corrected chi connectivity index (χ2v) is 8.87. The van der Waals surface area contributed by atoms with Gasteiger partial charge in [0.25, 0.3) is 5.91 Å². The first-order valence-electron chi connectivity index (χ1n) is 11.5. The van der Waals surface area contributed by atoms with Gasteiger partial charge < -0.3 is 14.7 Å². The van der Waals surface area contributed by atoms with Crippen molar-refractivity contribution in [3.05, 3.63) is 88.7 Å². The Labute approximate surface area is 196 Å². The first-order chi connectivity index (χ1) is 15.8. The molecule has 2 aromatic rings. The van der Waals surface area contributed by atoms with Gasteiger partial charge in [0.2, 0.25) is 0 Å². The van der Waals surface area contributed by atoms with Crippen LogP contribution < -0.4 is 0 Å². The largest absolute Gasteiger partial charge is 0.503 e. The van der Waals surface area contributed by atoms with Gasteiger partial charge in [0.1, 0.15) is 0 Å². The number of hydrogen-bond donors (Lipinski definition) is 1. The summed E-state index contributed by atoms with van der Waals surface area (Å²) in [5.41, 5.74) is 2.97. The molecule has 0 bridgehead atoms. The van der Waals surface area contributed by atoms with Crippen LogP contribution in [0.4, 0.5) is 0 Å². The predicted octanol–water partition coefficient (Wildman–Crippen LogP) is 5.60. The normalized spacial score (nSPS) is 16.6. The molecule has 0 saturated carbocycles. The number of ketones is 1. The SMILES string of the molecule is CC(C)OCCCN1C(=O)C(O)=C(C(=O)/C=C/c2ccccc2)[C@H]1c1ccc(C(C)C)cc1. The molecule has 1 aliphatic heterocycles. The molecule has 5 nitrogen and oxygen atoms in total. The number of benzene rings is 2. The van der Waals surface area contributed by atoms with Crippen molar-refractivity contribution in [1.29, 1.82) is 0 Å². The van der Waals surface area contributed by atoms with Crippen molar-refractivity contribution in [2.24, 2.45) is 0 Å². The highest BCUT2D eigenvalue weighted by molar-refractivity contribution is 6.14. The lowest BCUT2D eigenvalue weighted by Crippen LogP contribution is -2.32. The van der Waals surface area contributed by atoms with E-state index < -0.39 is 17.7 Å². The molecule has 1 heterocycles. The van der Waals surface area contributed by atoms with E-state index in [1.165, 1.54) is 11.6 Å². The summed E-state index contributed by atoms with van der Waals surface area (Å²) in [6.45, 7) is 9.03. The summed E-state index contributed by atoms with van der Waals surface area (Å²) in [5.74, 6) is -0.995. The lowest BCUT2D eigenvalue weighted by molar-refractivity contribution is -0.129. The van der Waals surface area contributed by atoms with Crippen molar-refractivity contribution >= 4 is 17.8 Å². The molecule has 0 aromatic heterocycles. The number of hydrogen-bond acceptors (Lipinski definition) is 4. The van der Waals surface area contributed by atoms with Crippen LogP contribution in [0.25, 0.3) is 6.08 Å². The molecule has 5 heteroatoms. The van der Waals surface area contributed by atoms with E-state index in [2.05, 4.69) is 13.8 Å². The van der Waals surface area contributed by atoms with Crippen LogP contribution in [0.15, 0.2) is 72.0 Å². The van der Waals surface area contributed by atoms with E-state index in [4.69, 9.17) is 4.74 Å². The molecular weight excluding hydrogens is 414 g/mol. The van der Waals surface area contributed by atoms with Gasteiger partial charge in [-0.3, -0.25) is 9.59 Å². The van der Waals surface area contributed by atoms with Gasteiger partial charge in [-0.15, -0.1) is 0 Å². The summed E-state index contributed by atoms with van der Waals surface area (Å²) >= 11 is 0. The maximum absolute atomic E-state index is 13.2. The molecular formula is C28H33NO4. The monoisotopic (exact) mass is 447 g/mol. The molecule has 2 aromatic carbocycles. The number of carbonyl (C=O) groups excluding carboxylic acids is 2. The summed E-state index contributed by atoms with van der Waals surface area (Å²) in [5, 5.41) is 10.7. The Balaban J connectivity index is 1.91. The number of ether oxygens (including phenoxy) is 1. The standard InChI is InChI=1S/C28H33NO4/c1-19(2)22-12-14-23(15-13-22)26-25(24(30)16-11-21-9-6-5-7-10-21)27(31)28(32)29(26)17-8-18-33-20(3)4/h5-7,9-16,19-20,26,31H,8,17-18H2,1-4H3/b16-11+/t26-/m1/s1. The number of carbonyl (C=O) groups is 2. The van der Waals surface area contributed by atoms with Gasteiger partial charge in [-0.05, 0) is 49.0 Å². The summed E-state index contributed by atoms with van der Waals surface area (Å²) in [6, 6.07) is 16.7. The summed E-state index contributed by atoms with van der Waals surface area (Å²) < 4.78 is 5.62. The van der Waals surface area contributed by atoms with Gasteiger partial charge in [-0.2, -0.15) is 0 Å². The average molecular weight is 448 g/mol. The number of rotatable bonds is 10. The van der Waals surface area contributed by atoms with E-state index in [0.29, 0.717) is 25.5 Å². The zero-order valence-corrected chi connectivity index (χ0v) is 19.8. The second kappa shape index (κ2) is 11.1. The molecule has 1 amide bonds. The zero-order valence-electron chi connectivity index (χ0n) is 19.8. The molecule has 174 valence electrons. The molecule has 0 saturated heterocycles. The van der Waals surface area contributed by atoms with Crippen molar-refractivity contribution in [2.45, 2.75) is 52.2 Å². The lowest BCUT2D eigenvalue weighted by atomic mass is 9.93.